The predicted octanol–water partition coefficient (Wildman–Crippen LogP) is 6.47. The number of hydrazine groups is 1. The lowest BCUT2D eigenvalue weighted by molar-refractivity contribution is -0.274. The average molecular weight is 828 g/mol. The van der Waals surface area contributed by atoms with Gasteiger partial charge in [0, 0.05) is 29.2 Å². The fourth-order valence-electron chi connectivity index (χ4n) is 8.58. The number of aromatic hydroxyl groups is 1. The predicted molar refractivity (Wildman–Crippen MR) is 181 cm³/mol. The van der Waals surface area contributed by atoms with Crippen molar-refractivity contribution in [3.05, 3.63) is 93.1 Å². The van der Waals surface area contributed by atoms with Gasteiger partial charge in [-0.2, -0.15) is 18.2 Å². The molecular formula is C36H26Cl2F6N4O8. The van der Waals surface area contributed by atoms with Gasteiger partial charge in [-0.15, -0.1) is 13.2 Å². The highest BCUT2D eigenvalue weighted by Gasteiger charge is 2.70. The highest BCUT2D eigenvalue weighted by molar-refractivity contribution is 6.33. The number of hydrogen-bond acceptors (Lipinski definition) is 9. The number of nitrogens with zero attached hydrogens (tertiary/aromatic N) is 3. The van der Waals surface area contributed by atoms with E-state index in [9.17, 15) is 55.7 Å². The van der Waals surface area contributed by atoms with Crippen molar-refractivity contribution >= 4 is 58.6 Å². The SMILES string of the molecule is O=C(O)CCN1C(=O)[C@H]2[C@H](CC=C3[C@H]2C[C@H]2C(=O)N(Nc4ncc(C(F)(F)F)cc4Cl)C(=O)[C@@]2(c2ccc(Cl)cc2)[C@H]3c2cc(OC(F)(F)F)ccc2O)C1=O. The van der Waals surface area contributed by atoms with Gasteiger partial charge in [-0.1, -0.05) is 47.0 Å². The molecule has 56 heavy (non-hydrogen) atoms. The van der Waals surface area contributed by atoms with Gasteiger partial charge in [0.15, 0.2) is 5.82 Å². The van der Waals surface area contributed by atoms with Gasteiger partial charge >= 0.3 is 18.5 Å². The van der Waals surface area contributed by atoms with E-state index in [1.807, 2.05) is 0 Å². The van der Waals surface area contributed by atoms with Crippen LogP contribution in [-0.4, -0.2) is 67.6 Å². The van der Waals surface area contributed by atoms with E-state index in [1.54, 1.807) is 0 Å². The van der Waals surface area contributed by atoms with Gasteiger partial charge in [-0.25, -0.2) is 4.98 Å². The van der Waals surface area contributed by atoms with Crippen molar-refractivity contribution in [2.45, 2.75) is 43.1 Å². The Morgan fingerprint density at radius 3 is 2.29 bits per heavy atom. The number of carbonyl (C=O) groups excluding carboxylic acids is 4. The number of fused-ring (bicyclic) bond motifs is 4. The molecule has 4 amide bonds. The Bertz CT molecular complexity index is 2220. The number of aromatic nitrogens is 1. The Hall–Kier alpha value is -5.36. The maximum Gasteiger partial charge on any atom is 0.573 e. The van der Waals surface area contributed by atoms with Crippen molar-refractivity contribution in [2.75, 3.05) is 12.0 Å². The number of halogens is 8. The zero-order valence-electron chi connectivity index (χ0n) is 28.2. The van der Waals surface area contributed by atoms with Crippen molar-refractivity contribution in [3.63, 3.8) is 0 Å². The average Bonchev–Trinajstić information content (AvgIpc) is 3.48. The van der Waals surface area contributed by atoms with Crippen molar-refractivity contribution < 1.29 is 65.3 Å². The number of nitrogens with one attached hydrogen (secondary N) is 1. The van der Waals surface area contributed by atoms with Crippen LogP contribution in [0.25, 0.3) is 0 Å². The second-order valence-corrected chi connectivity index (χ2v) is 14.5. The molecule has 20 heteroatoms. The number of ether oxygens (including phenoxy) is 1. The molecule has 1 saturated carbocycles. The number of amides is 4. The molecule has 2 aliphatic carbocycles. The molecule has 3 heterocycles. The van der Waals surface area contributed by atoms with Crippen molar-refractivity contribution in [2.24, 2.45) is 23.7 Å². The molecule has 2 aromatic carbocycles. The van der Waals surface area contributed by atoms with Crippen molar-refractivity contribution in [1.82, 2.24) is 14.9 Å². The molecule has 0 bridgehead atoms. The molecule has 0 spiro atoms. The van der Waals surface area contributed by atoms with E-state index in [4.69, 9.17) is 23.2 Å². The Morgan fingerprint density at radius 2 is 1.66 bits per heavy atom. The third-order valence-electron chi connectivity index (χ3n) is 10.7. The molecule has 6 atom stereocenters. The first kappa shape index (κ1) is 38.9. The van der Waals surface area contributed by atoms with Gasteiger partial charge in [-0.05, 0) is 60.7 Å². The first-order valence-corrected chi connectivity index (χ1v) is 17.5. The van der Waals surface area contributed by atoms with E-state index >= 15 is 4.79 Å². The summed E-state index contributed by atoms with van der Waals surface area (Å²) in [5.74, 6) is -13.3. The van der Waals surface area contributed by atoms with Crippen LogP contribution in [0.4, 0.5) is 32.2 Å². The number of alkyl halides is 6. The van der Waals surface area contributed by atoms with Crippen LogP contribution in [0, 0.1) is 23.7 Å². The van der Waals surface area contributed by atoms with E-state index in [-0.39, 0.29) is 34.6 Å². The summed E-state index contributed by atoms with van der Waals surface area (Å²) in [5, 5.41) is 20.7. The standard InChI is InChI=1S/C36H26Cl2F6N4O8/c37-17-3-1-15(2-4-17)34-23(31(53)48(33(34)55)46-29-24(38)11-16(14-45-29)35(39,40)41)13-21-19(28(34)22-12-18(5-8-25(22)49)56-36(42,43)44)6-7-20-27(21)32(54)47(30(20)52)10-9-26(50)51/h1-6,8,11-12,14,20-21,23,27-28,49H,7,9-10,13H2,(H,45,46)(H,50,51)/t20-,21+,23-,27-,28+,34+/m0/s1. The Kier molecular flexibility index (Phi) is 9.50. The lowest BCUT2D eigenvalue weighted by Crippen LogP contribution is -2.53. The third kappa shape index (κ3) is 6.37. The minimum Gasteiger partial charge on any atom is -0.508 e. The number of phenols is 1. The van der Waals surface area contributed by atoms with Crippen molar-refractivity contribution in [1.29, 1.82) is 0 Å². The Morgan fingerprint density at radius 1 is 0.964 bits per heavy atom. The highest BCUT2D eigenvalue weighted by Crippen LogP contribution is 2.65. The minimum absolute atomic E-state index is 0.0750. The second-order valence-electron chi connectivity index (χ2n) is 13.7. The molecule has 12 nitrogen and oxygen atoms in total. The van der Waals surface area contributed by atoms with Gasteiger partial charge in [0.05, 0.1) is 40.2 Å². The molecule has 294 valence electrons. The summed E-state index contributed by atoms with van der Waals surface area (Å²) in [4.78, 5) is 73.3. The smallest absolute Gasteiger partial charge is 0.508 e. The maximum atomic E-state index is 15.2. The van der Waals surface area contributed by atoms with Crippen LogP contribution in [-0.2, 0) is 35.6 Å². The lowest BCUT2D eigenvalue weighted by atomic mass is 9.49. The summed E-state index contributed by atoms with van der Waals surface area (Å²) in [6.45, 7) is -0.461. The van der Waals surface area contributed by atoms with E-state index in [2.05, 4.69) is 15.1 Å². The Labute approximate surface area is 321 Å². The van der Waals surface area contributed by atoms with Crippen LogP contribution >= 0.6 is 23.2 Å². The topological polar surface area (TPSA) is 166 Å². The summed E-state index contributed by atoms with van der Waals surface area (Å²) in [6.07, 6.45) is -9.18. The van der Waals surface area contributed by atoms with Crippen LogP contribution in [0.1, 0.15) is 41.9 Å². The molecule has 3 N–H and O–H groups in total. The molecule has 1 aromatic heterocycles. The number of imide groups is 2. The van der Waals surface area contributed by atoms with Crippen LogP contribution in [0.2, 0.25) is 10.0 Å². The lowest BCUT2D eigenvalue weighted by Gasteiger charge is -2.50. The van der Waals surface area contributed by atoms with Gasteiger partial charge < -0.3 is 14.9 Å². The van der Waals surface area contributed by atoms with Crippen molar-refractivity contribution in [3.8, 4) is 11.5 Å². The minimum atomic E-state index is -5.21. The van der Waals surface area contributed by atoms with Gasteiger partial charge in [-0.3, -0.25) is 34.3 Å². The maximum absolute atomic E-state index is 15.2. The quantitative estimate of drug-likeness (QED) is 0.130. The highest BCUT2D eigenvalue weighted by atomic mass is 35.5. The van der Waals surface area contributed by atoms with Crippen LogP contribution < -0.4 is 10.2 Å². The zero-order valence-corrected chi connectivity index (χ0v) is 29.7. The number of benzene rings is 2. The number of carboxylic acids is 1. The molecule has 0 radical (unpaired) electrons. The fraction of sp³-hybridized carbons (Fsp3) is 0.333. The van der Waals surface area contributed by atoms with Crippen LogP contribution in [0.3, 0.4) is 0 Å². The molecule has 0 unspecified atom stereocenters. The largest absolute Gasteiger partial charge is 0.573 e. The molecule has 4 aliphatic rings. The number of carboxylic acid groups (broad SMARTS) is 1. The summed E-state index contributed by atoms with van der Waals surface area (Å²) in [5.41, 5.74) is -1.07. The van der Waals surface area contributed by atoms with E-state index in [0.717, 1.165) is 23.1 Å². The summed E-state index contributed by atoms with van der Waals surface area (Å²) in [6, 6.07) is 8.57. The summed E-state index contributed by atoms with van der Waals surface area (Å²) >= 11 is 12.4. The number of phenolic OH excluding ortho intramolecular Hbond substituents is 1. The molecular weight excluding hydrogens is 801 g/mol. The number of pyridine rings is 1. The van der Waals surface area contributed by atoms with Crippen LogP contribution in [0.5, 0.6) is 11.5 Å². The number of hydrogen-bond donors (Lipinski definition) is 3. The zero-order chi connectivity index (χ0) is 40.6. The third-order valence-corrected chi connectivity index (χ3v) is 11.3. The van der Waals surface area contributed by atoms with Crippen LogP contribution in [0.15, 0.2) is 66.4 Å². The second kappa shape index (κ2) is 13.7. The number of rotatable bonds is 8. The monoisotopic (exact) mass is 826 g/mol. The number of anilines is 1. The number of allylic oxidation sites excluding steroid dienone is 2. The first-order valence-electron chi connectivity index (χ1n) is 16.7. The molecule has 3 fully saturated rings. The molecule has 2 saturated heterocycles. The van der Waals surface area contributed by atoms with E-state index in [1.165, 1.54) is 30.3 Å². The van der Waals surface area contributed by atoms with Gasteiger partial charge in [0.25, 0.3) is 11.8 Å². The normalized spacial score (nSPS) is 26.1. The summed E-state index contributed by atoms with van der Waals surface area (Å²) in [7, 11) is 0. The number of aliphatic carboxylic acids is 1. The Balaban J connectivity index is 1.44. The molecule has 3 aromatic rings. The molecule has 2 aliphatic heterocycles. The summed E-state index contributed by atoms with van der Waals surface area (Å²) < 4.78 is 85.1. The van der Waals surface area contributed by atoms with Gasteiger partial charge in [0.2, 0.25) is 11.8 Å². The van der Waals surface area contributed by atoms with Gasteiger partial charge in [0.1, 0.15) is 11.5 Å². The number of likely N-dealkylation sites (tertiary alicyclic amines) is 1. The fourth-order valence-corrected chi connectivity index (χ4v) is 8.92. The molecule has 7 rings (SSSR count). The first-order chi connectivity index (χ1) is 26.2. The number of carbonyl (C=O) groups is 5. The van der Waals surface area contributed by atoms with E-state index < -0.39 is 118 Å². The van der Waals surface area contributed by atoms with E-state index in [0.29, 0.717) is 17.3 Å².